The first-order valence-electron chi connectivity index (χ1n) is 8.58. The summed E-state index contributed by atoms with van der Waals surface area (Å²) < 4.78 is 0. The van der Waals surface area contributed by atoms with Crippen molar-refractivity contribution in [3.8, 4) is 0 Å². The van der Waals surface area contributed by atoms with Gasteiger partial charge in [-0.05, 0) is 69.2 Å². The van der Waals surface area contributed by atoms with Gasteiger partial charge < -0.3 is 10.2 Å². The number of likely N-dealkylation sites (N-methyl/N-ethyl adjacent to an activating group) is 2. The number of nitrogens with zero attached hydrogens (tertiary/aromatic N) is 1. The summed E-state index contributed by atoms with van der Waals surface area (Å²) in [6.07, 6.45) is 6.01. The van der Waals surface area contributed by atoms with Gasteiger partial charge in [0, 0.05) is 19.1 Å². The molecule has 0 spiro atoms. The average molecular weight is 286 g/mol. The van der Waals surface area contributed by atoms with Gasteiger partial charge in [0.15, 0.2) is 0 Å². The normalized spacial score (nSPS) is 29.2. The van der Waals surface area contributed by atoms with E-state index in [1.165, 1.54) is 43.4 Å². The lowest BCUT2D eigenvalue weighted by Gasteiger charge is -2.30. The molecule has 0 saturated heterocycles. The molecule has 1 aromatic rings. The van der Waals surface area contributed by atoms with Gasteiger partial charge in [-0.1, -0.05) is 30.7 Å². The second-order valence-corrected chi connectivity index (χ2v) is 7.35. The Kier molecular flexibility index (Phi) is 4.66. The zero-order valence-corrected chi connectivity index (χ0v) is 13.8. The zero-order chi connectivity index (χ0) is 14.8. The van der Waals surface area contributed by atoms with Gasteiger partial charge in [-0.15, -0.1) is 0 Å². The topological polar surface area (TPSA) is 15.3 Å². The molecule has 21 heavy (non-hydrogen) atoms. The average Bonchev–Trinajstić information content (AvgIpc) is 3.08. The van der Waals surface area contributed by atoms with Gasteiger partial charge in [-0.2, -0.15) is 0 Å². The molecule has 2 aliphatic rings. The smallest absolute Gasteiger partial charge is 0.0449 e. The number of aryl methyl sites for hydroxylation is 1. The molecule has 2 fully saturated rings. The van der Waals surface area contributed by atoms with Crippen molar-refractivity contribution in [2.24, 2.45) is 17.8 Å². The van der Waals surface area contributed by atoms with Crippen LogP contribution in [0.5, 0.6) is 0 Å². The highest BCUT2D eigenvalue weighted by Gasteiger charge is 2.39. The van der Waals surface area contributed by atoms with Crippen LogP contribution >= 0.6 is 0 Å². The molecule has 2 aliphatic carbocycles. The molecule has 4 atom stereocenters. The Morgan fingerprint density at radius 2 is 2.05 bits per heavy atom. The number of hydrogen-bond donors (Lipinski definition) is 1. The van der Waals surface area contributed by atoms with Crippen LogP contribution in [0, 0.1) is 24.7 Å². The minimum atomic E-state index is 0.440. The summed E-state index contributed by atoms with van der Waals surface area (Å²) in [4.78, 5) is 2.55. The zero-order valence-electron chi connectivity index (χ0n) is 13.8. The van der Waals surface area contributed by atoms with Crippen LogP contribution in [0.25, 0.3) is 0 Å². The monoisotopic (exact) mass is 286 g/mol. The molecule has 1 aromatic carbocycles. The molecular weight excluding hydrogens is 256 g/mol. The van der Waals surface area contributed by atoms with Crippen LogP contribution in [0.15, 0.2) is 24.3 Å². The first-order chi connectivity index (χ1) is 10.2. The maximum absolute atomic E-state index is 3.51. The van der Waals surface area contributed by atoms with Crippen molar-refractivity contribution in [3.63, 3.8) is 0 Å². The highest BCUT2D eigenvalue weighted by atomic mass is 15.1. The maximum Gasteiger partial charge on any atom is 0.0449 e. The Bertz CT molecular complexity index is 470. The highest BCUT2D eigenvalue weighted by Crippen LogP contribution is 2.48. The van der Waals surface area contributed by atoms with E-state index in [1.807, 2.05) is 0 Å². The molecule has 2 heteroatoms. The molecule has 0 heterocycles. The fourth-order valence-corrected chi connectivity index (χ4v) is 4.71. The second-order valence-electron chi connectivity index (χ2n) is 7.35. The number of nitrogens with one attached hydrogen (secondary N) is 1. The maximum atomic E-state index is 3.51. The first kappa shape index (κ1) is 15.1. The molecule has 0 aromatic heterocycles. The summed E-state index contributed by atoms with van der Waals surface area (Å²) >= 11 is 0. The quantitative estimate of drug-likeness (QED) is 0.859. The summed E-state index contributed by atoms with van der Waals surface area (Å²) in [6.45, 7) is 4.61. The van der Waals surface area contributed by atoms with Gasteiger partial charge in [0.1, 0.15) is 0 Å². The minimum absolute atomic E-state index is 0.440. The summed E-state index contributed by atoms with van der Waals surface area (Å²) in [7, 11) is 4.39. The molecule has 2 nitrogen and oxygen atoms in total. The van der Waals surface area contributed by atoms with Gasteiger partial charge in [0.05, 0.1) is 0 Å². The molecule has 1 N–H and O–H groups in total. The fraction of sp³-hybridized carbons (Fsp3) is 0.684. The first-order valence-corrected chi connectivity index (χ1v) is 8.58. The van der Waals surface area contributed by atoms with E-state index in [-0.39, 0.29) is 0 Å². The van der Waals surface area contributed by atoms with Crippen LogP contribution < -0.4 is 5.32 Å². The molecule has 116 valence electrons. The Labute approximate surface area is 129 Å². The van der Waals surface area contributed by atoms with Gasteiger partial charge in [0.25, 0.3) is 0 Å². The summed E-state index contributed by atoms with van der Waals surface area (Å²) in [6, 6.07) is 9.21. The molecule has 0 amide bonds. The molecule has 3 rings (SSSR count). The van der Waals surface area contributed by atoms with Gasteiger partial charge in [-0.3, -0.25) is 0 Å². The second kappa shape index (κ2) is 6.50. The predicted octanol–water partition coefficient (Wildman–Crippen LogP) is 3.62. The molecule has 2 bridgehead atoms. The van der Waals surface area contributed by atoms with Crippen molar-refractivity contribution < 1.29 is 0 Å². The van der Waals surface area contributed by atoms with E-state index in [9.17, 15) is 0 Å². The van der Waals surface area contributed by atoms with Crippen molar-refractivity contribution in [2.45, 2.75) is 38.6 Å². The minimum Gasteiger partial charge on any atom is -0.312 e. The van der Waals surface area contributed by atoms with Gasteiger partial charge in [0.2, 0.25) is 0 Å². The lowest BCUT2D eigenvalue weighted by Crippen LogP contribution is -2.35. The van der Waals surface area contributed by atoms with Crippen molar-refractivity contribution in [1.29, 1.82) is 0 Å². The summed E-state index contributed by atoms with van der Waals surface area (Å²) in [5, 5.41) is 3.51. The van der Waals surface area contributed by atoms with E-state index in [2.05, 4.69) is 55.5 Å². The van der Waals surface area contributed by atoms with E-state index in [0.717, 1.165) is 24.3 Å². The van der Waals surface area contributed by atoms with Crippen molar-refractivity contribution in [1.82, 2.24) is 10.2 Å². The fourth-order valence-electron chi connectivity index (χ4n) is 4.71. The van der Waals surface area contributed by atoms with E-state index < -0.39 is 0 Å². The van der Waals surface area contributed by atoms with Crippen LogP contribution in [-0.2, 0) is 0 Å². The summed E-state index contributed by atoms with van der Waals surface area (Å²) in [5.41, 5.74) is 2.84. The van der Waals surface area contributed by atoms with Gasteiger partial charge >= 0.3 is 0 Å². The van der Waals surface area contributed by atoms with Crippen LogP contribution in [-0.4, -0.2) is 32.1 Å². The van der Waals surface area contributed by atoms with Crippen molar-refractivity contribution in [2.75, 3.05) is 27.2 Å². The van der Waals surface area contributed by atoms with E-state index in [1.54, 1.807) is 0 Å². The highest BCUT2D eigenvalue weighted by molar-refractivity contribution is 5.28. The standard InChI is InChI=1S/C19H30N2/c1-14-6-4-5-7-18(14)19(20-2)13-21(3)12-17-11-15-8-9-16(17)10-15/h4-7,15-17,19-20H,8-13H2,1-3H3. The number of fused-ring (bicyclic) bond motifs is 2. The predicted molar refractivity (Wildman–Crippen MR) is 89.4 cm³/mol. The lowest BCUT2D eigenvalue weighted by atomic mass is 9.88. The van der Waals surface area contributed by atoms with Crippen LogP contribution in [0.3, 0.4) is 0 Å². The van der Waals surface area contributed by atoms with Crippen LogP contribution in [0.2, 0.25) is 0 Å². The van der Waals surface area contributed by atoms with E-state index in [0.29, 0.717) is 6.04 Å². The third kappa shape index (κ3) is 3.32. The molecule has 4 unspecified atom stereocenters. The molecule has 0 radical (unpaired) electrons. The number of benzene rings is 1. The largest absolute Gasteiger partial charge is 0.312 e. The number of rotatable bonds is 6. The number of hydrogen-bond acceptors (Lipinski definition) is 2. The van der Waals surface area contributed by atoms with Crippen LogP contribution in [0.4, 0.5) is 0 Å². The van der Waals surface area contributed by atoms with Gasteiger partial charge in [-0.25, -0.2) is 0 Å². The Morgan fingerprint density at radius 3 is 2.67 bits per heavy atom. The molecular formula is C19H30N2. The lowest BCUT2D eigenvalue weighted by molar-refractivity contribution is 0.206. The Balaban J connectivity index is 1.58. The van der Waals surface area contributed by atoms with Crippen molar-refractivity contribution in [3.05, 3.63) is 35.4 Å². The van der Waals surface area contributed by atoms with E-state index in [4.69, 9.17) is 0 Å². The molecule has 0 aliphatic heterocycles. The third-order valence-corrected chi connectivity index (χ3v) is 5.84. The van der Waals surface area contributed by atoms with Crippen LogP contribution in [0.1, 0.15) is 42.9 Å². The molecule has 2 saturated carbocycles. The summed E-state index contributed by atoms with van der Waals surface area (Å²) in [5.74, 6) is 3.05. The third-order valence-electron chi connectivity index (χ3n) is 5.84. The Morgan fingerprint density at radius 1 is 1.24 bits per heavy atom. The SMILES string of the molecule is CNC(CN(C)CC1CC2CCC1C2)c1ccccc1C. The van der Waals surface area contributed by atoms with E-state index >= 15 is 0 Å². The van der Waals surface area contributed by atoms with Crippen molar-refractivity contribution >= 4 is 0 Å². The Hall–Kier alpha value is -0.860.